The number of likely N-dealkylation sites (N-methyl/N-ethyl adjacent to an activating group) is 1. The molecule has 0 radical (unpaired) electrons. The van der Waals surface area contributed by atoms with Gasteiger partial charge in [0.05, 0.1) is 42.1 Å². The van der Waals surface area contributed by atoms with Crippen LogP contribution in [0, 0.1) is 5.82 Å². The number of hydrogen-bond acceptors (Lipinski definition) is 8. The number of benzene rings is 2. The number of morpholine rings is 1. The van der Waals surface area contributed by atoms with Gasteiger partial charge >= 0.3 is 0 Å². The van der Waals surface area contributed by atoms with Crippen molar-refractivity contribution in [2.75, 3.05) is 57.6 Å². The van der Waals surface area contributed by atoms with Gasteiger partial charge in [-0.2, -0.15) is 0 Å². The van der Waals surface area contributed by atoms with Gasteiger partial charge in [-0.05, 0) is 31.3 Å². The molecule has 0 spiro atoms. The fourth-order valence-electron chi connectivity index (χ4n) is 4.80. The molecule has 194 valence electrons. The lowest BCUT2D eigenvalue weighted by Gasteiger charge is -2.36. The lowest BCUT2D eigenvalue weighted by atomic mass is 10.1. The summed E-state index contributed by atoms with van der Waals surface area (Å²) in [7, 11) is 3.63. The van der Waals surface area contributed by atoms with E-state index in [-0.39, 0.29) is 17.0 Å². The normalized spacial score (nSPS) is 20.3. The summed E-state index contributed by atoms with van der Waals surface area (Å²) in [6.45, 7) is 4.10. The Balaban J connectivity index is 1.31. The molecule has 2 fully saturated rings. The van der Waals surface area contributed by atoms with Crippen molar-refractivity contribution in [2.45, 2.75) is 12.1 Å². The second-order valence-corrected chi connectivity index (χ2v) is 9.54. The number of carbonyl (C=O) groups excluding carboxylic acids is 1. The van der Waals surface area contributed by atoms with Gasteiger partial charge in [0, 0.05) is 49.4 Å². The molecule has 9 nitrogen and oxygen atoms in total. The third-order valence-corrected chi connectivity index (χ3v) is 6.89. The number of anilines is 3. The molecule has 2 saturated heterocycles. The molecule has 0 bridgehead atoms. The Bertz CT molecular complexity index is 1340. The highest BCUT2D eigenvalue weighted by molar-refractivity contribution is 6.31. The van der Waals surface area contributed by atoms with E-state index < -0.39 is 5.82 Å². The third-order valence-electron chi connectivity index (χ3n) is 6.60. The molecule has 0 saturated carbocycles. The predicted molar refractivity (Wildman–Crippen MR) is 141 cm³/mol. The number of likely N-dealkylation sites (tertiary alicyclic amines) is 1. The first-order chi connectivity index (χ1) is 17.9. The van der Waals surface area contributed by atoms with Gasteiger partial charge in [-0.1, -0.05) is 17.7 Å². The zero-order chi connectivity index (χ0) is 25.9. The summed E-state index contributed by atoms with van der Waals surface area (Å²) in [5.41, 5.74) is 1.65. The predicted octanol–water partition coefficient (Wildman–Crippen LogP) is 3.68. The SMILES string of the molecule is COc1cc2ncnc(Nc3ccc(F)c(Cl)c3)c2cc1NC(=O)/C=C/CN1CCOC2CN(C)CC21. The van der Waals surface area contributed by atoms with E-state index in [1.54, 1.807) is 18.2 Å². The van der Waals surface area contributed by atoms with Crippen molar-refractivity contribution >= 4 is 45.6 Å². The van der Waals surface area contributed by atoms with E-state index in [1.807, 2.05) is 6.08 Å². The minimum absolute atomic E-state index is 0.00248. The first-order valence-corrected chi connectivity index (χ1v) is 12.4. The van der Waals surface area contributed by atoms with Gasteiger partial charge in [0.1, 0.15) is 23.7 Å². The van der Waals surface area contributed by atoms with Crippen LogP contribution in [0.1, 0.15) is 0 Å². The van der Waals surface area contributed by atoms with Gasteiger partial charge in [0.25, 0.3) is 0 Å². The molecule has 2 aromatic carbocycles. The van der Waals surface area contributed by atoms with Crippen molar-refractivity contribution in [1.82, 2.24) is 19.8 Å². The van der Waals surface area contributed by atoms with Crippen LogP contribution in [0.25, 0.3) is 10.9 Å². The number of halogens is 2. The Labute approximate surface area is 219 Å². The smallest absolute Gasteiger partial charge is 0.248 e. The second-order valence-electron chi connectivity index (χ2n) is 9.13. The Morgan fingerprint density at radius 2 is 2.16 bits per heavy atom. The number of carbonyl (C=O) groups is 1. The molecule has 1 aromatic heterocycles. The zero-order valence-corrected chi connectivity index (χ0v) is 21.3. The van der Waals surface area contributed by atoms with E-state index in [4.69, 9.17) is 21.1 Å². The second kappa shape index (κ2) is 11.0. The largest absolute Gasteiger partial charge is 0.494 e. The van der Waals surface area contributed by atoms with Crippen LogP contribution in [-0.4, -0.2) is 84.8 Å². The first kappa shape index (κ1) is 25.3. The summed E-state index contributed by atoms with van der Waals surface area (Å²) in [5.74, 6) is 0.160. The number of fused-ring (bicyclic) bond motifs is 2. The van der Waals surface area contributed by atoms with E-state index in [0.717, 1.165) is 19.6 Å². The fourth-order valence-corrected chi connectivity index (χ4v) is 4.98. The Kier molecular flexibility index (Phi) is 7.52. The van der Waals surface area contributed by atoms with Gasteiger partial charge in [-0.25, -0.2) is 14.4 Å². The van der Waals surface area contributed by atoms with Crippen molar-refractivity contribution < 1.29 is 18.7 Å². The minimum Gasteiger partial charge on any atom is -0.494 e. The molecule has 2 aliphatic rings. The van der Waals surface area contributed by atoms with Crippen LogP contribution >= 0.6 is 11.6 Å². The van der Waals surface area contributed by atoms with Crippen LogP contribution in [0.4, 0.5) is 21.6 Å². The lowest BCUT2D eigenvalue weighted by molar-refractivity contribution is -0.111. The van der Waals surface area contributed by atoms with E-state index in [0.29, 0.717) is 53.0 Å². The number of amides is 1. The van der Waals surface area contributed by atoms with Gasteiger partial charge in [0.2, 0.25) is 5.91 Å². The minimum atomic E-state index is -0.508. The van der Waals surface area contributed by atoms with Crippen molar-refractivity contribution in [2.24, 2.45) is 0 Å². The molecule has 3 aromatic rings. The molecule has 37 heavy (non-hydrogen) atoms. The summed E-state index contributed by atoms with van der Waals surface area (Å²) in [5, 5.41) is 6.68. The molecule has 1 amide bonds. The van der Waals surface area contributed by atoms with Gasteiger partial charge < -0.3 is 25.0 Å². The number of rotatable bonds is 7. The molecule has 5 rings (SSSR count). The van der Waals surface area contributed by atoms with Crippen molar-refractivity contribution in [1.29, 1.82) is 0 Å². The number of hydrogen-bond donors (Lipinski definition) is 2. The molecule has 2 aliphatic heterocycles. The molecular weight excluding hydrogens is 499 g/mol. The summed E-state index contributed by atoms with van der Waals surface area (Å²) in [4.78, 5) is 26.0. The van der Waals surface area contributed by atoms with Crippen LogP contribution in [-0.2, 0) is 9.53 Å². The summed E-state index contributed by atoms with van der Waals surface area (Å²) >= 11 is 5.91. The van der Waals surface area contributed by atoms with Crippen molar-refractivity contribution in [3.05, 3.63) is 59.7 Å². The third kappa shape index (κ3) is 5.67. The zero-order valence-electron chi connectivity index (χ0n) is 20.6. The standard InChI is InChI=1S/C26H28ClFN6O3/c1-33-13-22-24(14-33)37-9-8-34(22)7-3-4-25(35)32-21-11-17-20(12-23(21)36-2)29-15-30-26(17)31-16-5-6-19(28)18(27)10-16/h3-6,10-12,15,22,24H,7-9,13-14H2,1-2H3,(H,32,35)(H,29,30,31)/b4-3+. The number of nitrogens with one attached hydrogen (secondary N) is 2. The quantitative estimate of drug-likeness (QED) is 0.450. The Morgan fingerprint density at radius 1 is 1.30 bits per heavy atom. The van der Waals surface area contributed by atoms with Crippen molar-refractivity contribution in [3.8, 4) is 5.75 Å². The van der Waals surface area contributed by atoms with E-state index >= 15 is 0 Å². The van der Waals surface area contributed by atoms with Crippen LogP contribution in [0.15, 0.2) is 48.8 Å². The summed E-state index contributed by atoms with van der Waals surface area (Å²) < 4.78 is 24.9. The number of nitrogens with zero attached hydrogens (tertiary/aromatic N) is 4. The average Bonchev–Trinajstić information content (AvgIpc) is 3.27. The number of aromatic nitrogens is 2. The van der Waals surface area contributed by atoms with Crippen LogP contribution < -0.4 is 15.4 Å². The molecule has 11 heteroatoms. The van der Waals surface area contributed by atoms with Gasteiger partial charge in [-0.15, -0.1) is 0 Å². The van der Waals surface area contributed by atoms with Crippen LogP contribution in [0.2, 0.25) is 5.02 Å². The maximum atomic E-state index is 13.6. The molecule has 2 N–H and O–H groups in total. The average molecular weight is 527 g/mol. The van der Waals surface area contributed by atoms with Crippen molar-refractivity contribution in [3.63, 3.8) is 0 Å². The number of ether oxygens (including phenoxy) is 2. The highest BCUT2D eigenvalue weighted by Crippen LogP contribution is 2.33. The fraction of sp³-hybridized carbons (Fsp3) is 0.346. The van der Waals surface area contributed by atoms with E-state index in [9.17, 15) is 9.18 Å². The Hall–Kier alpha value is -3.31. The summed E-state index contributed by atoms with van der Waals surface area (Å²) in [6, 6.07) is 8.12. The van der Waals surface area contributed by atoms with Crippen LogP contribution in [0.3, 0.4) is 0 Å². The lowest BCUT2D eigenvalue weighted by Crippen LogP contribution is -2.50. The Morgan fingerprint density at radius 3 is 2.97 bits per heavy atom. The topological polar surface area (TPSA) is 91.9 Å². The molecular formula is C26H28ClFN6O3. The van der Waals surface area contributed by atoms with Crippen LogP contribution in [0.5, 0.6) is 5.75 Å². The van der Waals surface area contributed by atoms with Gasteiger partial charge in [0.15, 0.2) is 0 Å². The highest BCUT2D eigenvalue weighted by Gasteiger charge is 2.38. The van der Waals surface area contributed by atoms with E-state index in [1.165, 1.54) is 31.6 Å². The maximum absolute atomic E-state index is 13.6. The summed E-state index contributed by atoms with van der Waals surface area (Å²) in [6.07, 6.45) is 5.04. The molecule has 3 heterocycles. The highest BCUT2D eigenvalue weighted by atomic mass is 35.5. The molecule has 0 aliphatic carbocycles. The van der Waals surface area contributed by atoms with Gasteiger partial charge in [-0.3, -0.25) is 9.69 Å². The molecule has 2 unspecified atom stereocenters. The number of methoxy groups -OCH3 is 1. The monoisotopic (exact) mass is 526 g/mol. The maximum Gasteiger partial charge on any atom is 0.248 e. The first-order valence-electron chi connectivity index (χ1n) is 12.0. The molecule has 2 atom stereocenters. The van der Waals surface area contributed by atoms with E-state index in [2.05, 4.69) is 37.4 Å².